The highest BCUT2D eigenvalue weighted by Gasteiger charge is 2.51. The number of unbranched alkanes of at least 4 members (excludes halogenated alkanes) is 43. The van der Waals surface area contributed by atoms with Gasteiger partial charge in [-0.1, -0.05) is 349 Å². The van der Waals surface area contributed by atoms with E-state index >= 15 is 0 Å². The van der Waals surface area contributed by atoms with E-state index in [1.807, 2.05) is 6.08 Å². The molecule has 1 amide bonds. The zero-order chi connectivity index (χ0) is 70.8. The lowest BCUT2D eigenvalue weighted by Gasteiger charge is -2.46. The third kappa shape index (κ3) is 49.7. The van der Waals surface area contributed by atoms with E-state index < -0.39 is 86.8 Å². The van der Waals surface area contributed by atoms with Gasteiger partial charge in [0.1, 0.15) is 48.8 Å². The molecular formula is C84H151NO13. The SMILES string of the molecule is CC/C=C\C/C=C\C/C=C\C/C=C\C/C=C\CCCCCCCCCCCCCCCCCCCCCC(=O)NC(COC1OC(CO)C(OC2OC(CO)C(O)C(O)C2O)C(O)C1O)C(O)/C=C/CC/C=C/CCCCCCCCCCCCCCCCCCCCCCCCC. The maximum atomic E-state index is 13.4. The molecule has 0 aromatic carbocycles. The quantitative estimate of drug-likeness (QED) is 0.0204. The Bertz CT molecular complexity index is 1970. The van der Waals surface area contributed by atoms with Gasteiger partial charge in [0, 0.05) is 6.42 Å². The lowest BCUT2D eigenvalue weighted by atomic mass is 9.97. The van der Waals surface area contributed by atoms with Crippen LogP contribution in [0.1, 0.15) is 348 Å². The van der Waals surface area contributed by atoms with Crippen molar-refractivity contribution in [2.45, 2.75) is 421 Å². The predicted molar refractivity (Wildman–Crippen MR) is 406 cm³/mol. The summed E-state index contributed by atoms with van der Waals surface area (Å²) < 4.78 is 22.9. The Morgan fingerprint density at radius 1 is 0.378 bits per heavy atom. The maximum Gasteiger partial charge on any atom is 0.220 e. The first-order chi connectivity index (χ1) is 48.1. The molecule has 2 aliphatic heterocycles. The normalized spacial score (nSPS) is 22.5. The number of carbonyl (C=O) groups excluding carboxylic acids is 1. The third-order valence-corrected chi connectivity index (χ3v) is 19.6. The van der Waals surface area contributed by atoms with Crippen LogP contribution in [0.4, 0.5) is 0 Å². The molecule has 2 aliphatic rings. The van der Waals surface area contributed by atoms with Gasteiger partial charge >= 0.3 is 0 Å². The molecule has 12 atom stereocenters. The Morgan fingerprint density at radius 3 is 1.12 bits per heavy atom. The molecule has 2 fully saturated rings. The highest BCUT2D eigenvalue weighted by atomic mass is 16.7. The monoisotopic (exact) mass is 1380 g/mol. The number of hydrogen-bond donors (Lipinski definition) is 9. The van der Waals surface area contributed by atoms with Crippen molar-refractivity contribution in [3.63, 3.8) is 0 Å². The minimum atomic E-state index is -1.79. The van der Waals surface area contributed by atoms with Crippen LogP contribution in [0.3, 0.4) is 0 Å². The average Bonchev–Trinajstić information content (AvgIpc) is 0.797. The third-order valence-electron chi connectivity index (χ3n) is 19.6. The van der Waals surface area contributed by atoms with Crippen LogP contribution < -0.4 is 5.32 Å². The summed E-state index contributed by atoms with van der Waals surface area (Å²) in [4.78, 5) is 13.4. The zero-order valence-corrected chi connectivity index (χ0v) is 62.5. The molecule has 0 spiro atoms. The highest BCUT2D eigenvalue weighted by Crippen LogP contribution is 2.30. The topological polar surface area (TPSA) is 228 Å². The van der Waals surface area contributed by atoms with Crippen molar-refractivity contribution in [1.82, 2.24) is 5.32 Å². The summed E-state index contributed by atoms with van der Waals surface area (Å²) in [5.41, 5.74) is 0. The molecule has 570 valence electrons. The molecule has 2 heterocycles. The molecule has 12 unspecified atom stereocenters. The molecule has 14 heteroatoms. The highest BCUT2D eigenvalue weighted by molar-refractivity contribution is 5.76. The van der Waals surface area contributed by atoms with Crippen molar-refractivity contribution in [2.24, 2.45) is 0 Å². The Kier molecular flexibility index (Phi) is 62.7. The number of carbonyl (C=O) groups is 1. The molecule has 98 heavy (non-hydrogen) atoms. The van der Waals surface area contributed by atoms with Gasteiger partial charge in [-0.05, 0) is 77.0 Å². The number of allylic oxidation sites excluding steroid dienone is 13. The Morgan fingerprint density at radius 2 is 0.714 bits per heavy atom. The van der Waals surface area contributed by atoms with E-state index in [0.717, 1.165) is 64.2 Å². The van der Waals surface area contributed by atoms with Gasteiger partial charge in [0.25, 0.3) is 0 Å². The van der Waals surface area contributed by atoms with Gasteiger partial charge in [-0.2, -0.15) is 0 Å². The van der Waals surface area contributed by atoms with Crippen molar-refractivity contribution in [1.29, 1.82) is 0 Å². The predicted octanol–water partition coefficient (Wildman–Crippen LogP) is 18.7. The number of ether oxygens (including phenoxy) is 4. The van der Waals surface area contributed by atoms with Crippen molar-refractivity contribution >= 4 is 5.91 Å². The molecule has 0 radical (unpaired) electrons. The van der Waals surface area contributed by atoms with Gasteiger partial charge in [-0.3, -0.25) is 4.79 Å². The van der Waals surface area contributed by atoms with Crippen LogP contribution in [-0.4, -0.2) is 140 Å². The van der Waals surface area contributed by atoms with Crippen LogP contribution >= 0.6 is 0 Å². The zero-order valence-electron chi connectivity index (χ0n) is 62.5. The smallest absolute Gasteiger partial charge is 0.220 e. The summed E-state index contributed by atoms with van der Waals surface area (Å²) in [6.45, 7) is 2.72. The maximum absolute atomic E-state index is 13.4. The van der Waals surface area contributed by atoms with E-state index in [9.17, 15) is 45.6 Å². The largest absolute Gasteiger partial charge is 0.394 e. The number of amides is 1. The number of hydrogen-bond acceptors (Lipinski definition) is 13. The summed E-state index contributed by atoms with van der Waals surface area (Å²) in [6.07, 6.45) is 78.1. The van der Waals surface area contributed by atoms with E-state index in [4.69, 9.17) is 18.9 Å². The summed E-state index contributed by atoms with van der Waals surface area (Å²) >= 11 is 0. The van der Waals surface area contributed by atoms with Gasteiger partial charge in [0.05, 0.1) is 32.0 Å². The lowest BCUT2D eigenvalue weighted by Crippen LogP contribution is -2.65. The van der Waals surface area contributed by atoms with Crippen molar-refractivity contribution in [3.8, 4) is 0 Å². The molecule has 9 N–H and O–H groups in total. The van der Waals surface area contributed by atoms with Crippen LogP contribution in [0.25, 0.3) is 0 Å². The second kappa shape index (κ2) is 67.4. The minimum absolute atomic E-state index is 0.245. The number of nitrogens with one attached hydrogen (secondary N) is 1. The number of rotatable bonds is 68. The van der Waals surface area contributed by atoms with Gasteiger partial charge in [-0.25, -0.2) is 0 Å². The molecule has 0 aliphatic carbocycles. The van der Waals surface area contributed by atoms with E-state index in [0.29, 0.717) is 12.8 Å². The fourth-order valence-electron chi connectivity index (χ4n) is 13.2. The summed E-state index contributed by atoms with van der Waals surface area (Å²) in [5, 5.41) is 87.7. The first-order valence-electron chi connectivity index (χ1n) is 40.8. The molecule has 2 rings (SSSR count). The van der Waals surface area contributed by atoms with Gasteiger partial charge in [0.2, 0.25) is 5.91 Å². The Labute approximate surface area is 599 Å². The standard InChI is InChI=1S/C84H151NO13/c1-3-5-7-9-11-13-15-17-19-21-23-25-27-29-31-33-34-35-36-37-38-40-42-44-46-48-50-52-54-56-58-60-62-64-66-68-76(89)85-72(71-95-83-81(94)79(92)82(75(70-87)97-83)98-84-80(93)78(91)77(90)74(69-86)96-84)73(88)67-65-63-61-59-57-55-53-51-49-47-45-43-41-39-32-30-28-26-24-22-20-18-16-14-12-10-8-6-4-2/h5,7,11,13,17,19,23,25,29,31,57,59,65,67,72-75,77-84,86-88,90-94H,3-4,6,8-10,12,14-16,18,20-22,24,26-28,30,32-56,58,60-64,66,68-71H2,1-2H3,(H,85,89)/b7-5-,13-11-,19-17-,25-23-,31-29-,59-57+,67-65+. The molecular weight excluding hydrogens is 1230 g/mol. The Hall–Kier alpha value is -2.83. The molecule has 2 saturated heterocycles. The molecule has 0 aromatic rings. The number of aliphatic hydroxyl groups excluding tert-OH is 8. The molecule has 0 bridgehead atoms. The number of aliphatic hydroxyl groups is 8. The summed E-state index contributed by atoms with van der Waals surface area (Å²) in [5.74, 6) is -0.245. The van der Waals surface area contributed by atoms with Crippen molar-refractivity contribution in [2.75, 3.05) is 19.8 Å². The first kappa shape index (κ1) is 91.3. The molecule has 0 saturated carbocycles. The van der Waals surface area contributed by atoms with Crippen LogP contribution in [0, 0.1) is 0 Å². The van der Waals surface area contributed by atoms with Crippen LogP contribution in [0.15, 0.2) is 85.1 Å². The average molecular weight is 1380 g/mol. The summed E-state index contributed by atoms with van der Waals surface area (Å²) in [6, 6.07) is -0.936. The summed E-state index contributed by atoms with van der Waals surface area (Å²) in [7, 11) is 0. The fraction of sp³-hybridized carbons (Fsp3) is 0.821. The van der Waals surface area contributed by atoms with Crippen molar-refractivity contribution < 1.29 is 64.6 Å². The van der Waals surface area contributed by atoms with Crippen LogP contribution in [0.2, 0.25) is 0 Å². The Balaban J connectivity index is 1.62. The van der Waals surface area contributed by atoms with E-state index in [1.54, 1.807) is 6.08 Å². The minimum Gasteiger partial charge on any atom is -0.394 e. The molecule has 14 nitrogen and oxygen atoms in total. The van der Waals surface area contributed by atoms with E-state index in [1.165, 1.54) is 250 Å². The van der Waals surface area contributed by atoms with Crippen molar-refractivity contribution in [3.05, 3.63) is 85.1 Å². The van der Waals surface area contributed by atoms with E-state index in [-0.39, 0.29) is 18.9 Å². The van der Waals surface area contributed by atoms with Gasteiger partial charge < -0.3 is 65.1 Å². The second-order valence-electron chi connectivity index (χ2n) is 28.5. The second-order valence-corrected chi connectivity index (χ2v) is 28.5. The van der Waals surface area contributed by atoms with Crippen LogP contribution in [-0.2, 0) is 23.7 Å². The fourth-order valence-corrected chi connectivity index (χ4v) is 13.2. The molecule has 0 aromatic heterocycles. The first-order valence-corrected chi connectivity index (χ1v) is 40.8. The van der Waals surface area contributed by atoms with Gasteiger partial charge in [0.15, 0.2) is 12.6 Å². The van der Waals surface area contributed by atoms with Gasteiger partial charge in [-0.15, -0.1) is 0 Å². The van der Waals surface area contributed by atoms with Crippen LogP contribution in [0.5, 0.6) is 0 Å². The lowest BCUT2D eigenvalue weighted by molar-refractivity contribution is -0.359. The van der Waals surface area contributed by atoms with E-state index in [2.05, 4.69) is 92.1 Å².